The molecule has 0 aromatic heterocycles. The molecule has 0 bridgehead atoms. The second-order valence-electron chi connectivity index (χ2n) is 4.80. The molecule has 1 fully saturated rings. The van der Waals surface area contributed by atoms with E-state index in [2.05, 4.69) is 0 Å². The summed E-state index contributed by atoms with van der Waals surface area (Å²) < 4.78 is 49.6. The number of nitrogens with two attached hydrogens (primary N) is 1. The Kier molecular flexibility index (Phi) is 4.08. The highest BCUT2D eigenvalue weighted by molar-refractivity contribution is 7.92. The molecule has 1 unspecified atom stereocenters. The zero-order chi connectivity index (χ0) is 15.0. The maximum Gasteiger partial charge on any atom is 0.245 e. The minimum absolute atomic E-state index is 0.0335. The molecule has 0 saturated carbocycles. The Morgan fingerprint density at radius 1 is 1.35 bits per heavy atom. The predicted molar refractivity (Wildman–Crippen MR) is 77.5 cm³/mol. The van der Waals surface area contributed by atoms with Gasteiger partial charge in [0.1, 0.15) is 4.90 Å². The molecule has 0 radical (unpaired) electrons. The van der Waals surface area contributed by atoms with Gasteiger partial charge >= 0.3 is 0 Å². The summed E-state index contributed by atoms with van der Waals surface area (Å²) in [6.07, 6.45) is 0.335. The van der Waals surface area contributed by atoms with Crippen LogP contribution in [0.15, 0.2) is 29.2 Å². The first-order valence-electron chi connectivity index (χ1n) is 6.34. The van der Waals surface area contributed by atoms with Gasteiger partial charge in [-0.25, -0.2) is 16.8 Å². The Bertz CT molecular complexity index is 698. The van der Waals surface area contributed by atoms with Crippen LogP contribution in [0.5, 0.6) is 0 Å². The second-order valence-corrected chi connectivity index (χ2v) is 8.89. The first kappa shape index (κ1) is 15.3. The van der Waals surface area contributed by atoms with E-state index in [0.717, 1.165) is 0 Å². The van der Waals surface area contributed by atoms with Crippen molar-refractivity contribution in [3.63, 3.8) is 0 Å². The molecule has 1 heterocycles. The van der Waals surface area contributed by atoms with E-state index in [4.69, 9.17) is 5.73 Å². The van der Waals surface area contributed by atoms with E-state index >= 15 is 0 Å². The third-order valence-corrected chi connectivity index (χ3v) is 7.28. The number of nitrogens with zero attached hydrogens (tertiary/aromatic N) is 1. The van der Waals surface area contributed by atoms with Crippen molar-refractivity contribution in [3.05, 3.63) is 24.3 Å². The lowest BCUT2D eigenvalue weighted by atomic mass is 10.3. The minimum atomic E-state index is -3.77. The number of sulfonamides is 1. The Hall–Kier alpha value is -1.12. The van der Waals surface area contributed by atoms with Crippen molar-refractivity contribution in [2.24, 2.45) is 0 Å². The van der Waals surface area contributed by atoms with E-state index < -0.39 is 25.9 Å². The van der Waals surface area contributed by atoms with Gasteiger partial charge < -0.3 is 5.73 Å². The van der Waals surface area contributed by atoms with Gasteiger partial charge in [-0.15, -0.1) is 0 Å². The molecular weight excluding hydrogens is 300 g/mol. The smallest absolute Gasteiger partial charge is 0.245 e. The zero-order valence-corrected chi connectivity index (χ0v) is 12.8. The van der Waals surface area contributed by atoms with Crippen LogP contribution in [0, 0.1) is 0 Å². The van der Waals surface area contributed by atoms with Gasteiger partial charge in [-0.3, -0.25) is 0 Å². The minimum Gasteiger partial charge on any atom is -0.398 e. The molecule has 1 aliphatic rings. The van der Waals surface area contributed by atoms with Crippen molar-refractivity contribution in [1.82, 2.24) is 4.31 Å². The van der Waals surface area contributed by atoms with Crippen molar-refractivity contribution in [2.45, 2.75) is 24.3 Å². The summed E-state index contributed by atoms with van der Waals surface area (Å²) in [5.41, 5.74) is 5.90. The van der Waals surface area contributed by atoms with Crippen molar-refractivity contribution in [2.75, 3.05) is 23.8 Å². The van der Waals surface area contributed by atoms with Crippen LogP contribution in [0.1, 0.15) is 13.3 Å². The Morgan fingerprint density at radius 3 is 2.50 bits per heavy atom. The maximum atomic E-state index is 12.6. The van der Waals surface area contributed by atoms with Gasteiger partial charge in [0.25, 0.3) is 0 Å². The molecule has 0 aliphatic carbocycles. The summed E-state index contributed by atoms with van der Waals surface area (Å²) in [5.74, 6) is -0.0826. The fraction of sp³-hybridized carbons (Fsp3) is 0.500. The normalized spacial score (nSPS) is 22.2. The average molecular weight is 318 g/mol. The highest BCUT2D eigenvalue weighted by Crippen LogP contribution is 2.27. The first-order chi connectivity index (χ1) is 9.28. The van der Waals surface area contributed by atoms with E-state index in [1.165, 1.54) is 16.4 Å². The van der Waals surface area contributed by atoms with Crippen LogP contribution >= 0.6 is 0 Å². The topological polar surface area (TPSA) is 97.5 Å². The summed E-state index contributed by atoms with van der Waals surface area (Å²) in [7, 11) is -6.91. The third-order valence-electron chi connectivity index (χ3n) is 3.43. The Labute approximate surface area is 119 Å². The Morgan fingerprint density at radius 2 is 2.00 bits per heavy atom. The largest absolute Gasteiger partial charge is 0.398 e. The van der Waals surface area contributed by atoms with Gasteiger partial charge in [-0.1, -0.05) is 19.1 Å². The van der Waals surface area contributed by atoms with E-state index in [1.54, 1.807) is 19.1 Å². The Balaban J connectivity index is 2.39. The summed E-state index contributed by atoms with van der Waals surface area (Å²) in [6.45, 7) is 1.92. The lowest BCUT2D eigenvalue weighted by molar-refractivity contribution is 0.354. The van der Waals surface area contributed by atoms with E-state index in [-0.39, 0.29) is 28.6 Å². The summed E-state index contributed by atoms with van der Waals surface area (Å²) in [5, 5.41) is 0. The summed E-state index contributed by atoms with van der Waals surface area (Å²) in [6, 6.07) is 5.71. The molecule has 6 nitrogen and oxygen atoms in total. The van der Waals surface area contributed by atoms with Crippen molar-refractivity contribution < 1.29 is 16.8 Å². The number of para-hydroxylation sites is 1. The van der Waals surface area contributed by atoms with Crippen molar-refractivity contribution in [1.29, 1.82) is 0 Å². The molecule has 2 rings (SSSR count). The molecule has 2 N–H and O–H groups in total. The SMILES string of the molecule is CCN(C1CCS(=O)(=O)C1)S(=O)(=O)c1ccccc1N. The molecule has 1 saturated heterocycles. The number of anilines is 1. The number of sulfone groups is 1. The van der Waals surface area contributed by atoms with Gasteiger partial charge in [0, 0.05) is 12.6 Å². The molecular formula is C12H18N2O4S2. The van der Waals surface area contributed by atoms with Crippen molar-refractivity contribution in [3.8, 4) is 0 Å². The molecule has 1 atom stereocenters. The van der Waals surface area contributed by atoms with Crippen LogP contribution in [-0.2, 0) is 19.9 Å². The molecule has 20 heavy (non-hydrogen) atoms. The van der Waals surface area contributed by atoms with Gasteiger partial charge in [0.2, 0.25) is 10.0 Å². The van der Waals surface area contributed by atoms with Crippen LogP contribution in [-0.4, -0.2) is 45.2 Å². The van der Waals surface area contributed by atoms with Crippen LogP contribution in [0.3, 0.4) is 0 Å². The number of nitrogen functional groups attached to an aromatic ring is 1. The molecule has 1 aliphatic heterocycles. The fourth-order valence-corrected chi connectivity index (χ4v) is 6.08. The standard InChI is InChI=1S/C12H18N2O4S2/c1-2-14(10-7-8-19(15,16)9-10)20(17,18)12-6-4-3-5-11(12)13/h3-6,10H,2,7-9,13H2,1H3. The molecule has 0 amide bonds. The van der Waals surface area contributed by atoms with E-state index in [1.807, 2.05) is 0 Å². The maximum absolute atomic E-state index is 12.6. The van der Waals surface area contributed by atoms with Gasteiger partial charge in [-0.05, 0) is 18.6 Å². The number of benzene rings is 1. The number of rotatable bonds is 4. The zero-order valence-electron chi connectivity index (χ0n) is 11.2. The highest BCUT2D eigenvalue weighted by atomic mass is 32.2. The monoisotopic (exact) mass is 318 g/mol. The van der Waals surface area contributed by atoms with Gasteiger partial charge in [0.15, 0.2) is 9.84 Å². The lowest BCUT2D eigenvalue weighted by Gasteiger charge is -2.26. The lowest BCUT2D eigenvalue weighted by Crippen LogP contribution is -2.41. The quantitative estimate of drug-likeness (QED) is 0.814. The molecule has 0 spiro atoms. The summed E-state index contributed by atoms with van der Waals surface area (Å²) in [4.78, 5) is 0.0335. The fourth-order valence-electron chi connectivity index (χ4n) is 2.47. The van der Waals surface area contributed by atoms with Crippen LogP contribution in [0.25, 0.3) is 0 Å². The van der Waals surface area contributed by atoms with Crippen LogP contribution in [0.4, 0.5) is 5.69 Å². The molecule has 1 aromatic carbocycles. The molecule has 112 valence electrons. The highest BCUT2D eigenvalue weighted by Gasteiger charge is 2.38. The number of hydrogen-bond acceptors (Lipinski definition) is 5. The van der Waals surface area contributed by atoms with Gasteiger partial charge in [-0.2, -0.15) is 4.31 Å². The first-order valence-corrected chi connectivity index (χ1v) is 9.61. The predicted octanol–water partition coefficient (Wildman–Crippen LogP) is 0.467. The second kappa shape index (κ2) is 5.34. The van der Waals surface area contributed by atoms with Crippen LogP contribution in [0.2, 0.25) is 0 Å². The molecule has 8 heteroatoms. The van der Waals surface area contributed by atoms with Crippen LogP contribution < -0.4 is 5.73 Å². The third kappa shape index (κ3) is 2.82. The summed E-state index contributed by atoms with van der Waals surface area (Å²) >= 11 is 0. The number of hydrogen-bond donors (Lipinski definition) is 1. The average Bonchev–Trinajstić information content (AvgIpc) is 2.70. The van der Waals surface area contributed by atoms with E-state index in [9.17, 15) is 16.8 Å². The van der Waals surface area contributed by atoms with E-state index in [0.29, 0.717) is 6.42 Å². The van der Waals surface area contributed by atoms with Crippen molar-refractivity contribution >= 4 is 25.5 Å². The van der Waals surface area contributed by atoms with Gasteiger partial charge in [0.05, 0.1) is 17.2 Å². The molecule has 1 aromatic rings.